The molecule has 0 bridgehead atoms. The van der Waals surface area contributed by atoms with Crippen molar-refractivity contribution in [2.24, 2.45) is 0 Å². The monoisotopic (exact) mass is 243 g/mol. The van der Waals surface area contributed by atoms with Gasteiger partial charge in [0.15, 0.2) is 5.65 Å². The Hall–Kier alpha value is -1.92. The van der Waals surface area contributed by atoms with Gasteiger partial charge in [0.05, 0.1) is 11.9 Å². The van der Waals surface area contributed by atoms with E-state index in [1.165, 1.54) is 6.20 Å². The number of pyridine rings is 1. The van der Waals surface area contributed by atoms with Gasteiger partial charge in [-0.1, -0.05) is 0 Å². The molecule has 0 atom stereocenters. The molecule has 2 rings (SSSR count). The smallest absolute Gasteiger partial charge is 0.340 e. The molecule has 0 aliphatic rings. The van der Waals surface area contributed by atoms with E-state index in [0.717, 1.165) is 5.56 Å². The molecule has 1 N–H and O–H groups in total. The molecule has 2 heterocycles. The zero-order chi connectivity index (χ0) is 12.6. The first kappa shape index (κ1) is 11.6. The van der Waals surface area contributed by atoms with Crippen LogP contribution in [0, 0.1) is 6.92 Å². The first-order valence-corrected chi connectivity index (χ1v) is 4.78. The van der Waals surface area contributed by atoms with E-state index < -0.39 is 18.4 Å². The summed E-state index contributed by atoms with van der Waals surface area (Å²) in [4.78, 5) is 21.2. The second-order valence-corrected chi connectivity index (χ2v) is 3.61. The molecule has 0 spiro atoms. The van der Waals surface area contributed by atoms with Crippen LogP contribution in [-0.4, -0.2) is 26.9 Å². The van der Waals surface area contributed by atoms with Gasteiger partial charge in [-0.15, -0.1) is 0 Å². The van der Waals surface area contributed by atoms with Crippen LogP contribution in [0.1, 0.15) is 11.4 Å². The molecular weight excluding hydrogens is 235 g/mol. The average Bonchev–Trinajstić information content (AvgIpc) is 2.60. The first-order chi connectivity index (χ1) is 7.88. The molecule has 4 nitrogen and oxygen atoms in total. The third-order valence-corrected chi connectivity index (χ3v) is 2.29. The Balaban J connectivity index is 2.32. The number of halogens is 3. The van der Waals surface area contributed by atoms with Crippen LogP contribution in [0.4, 0.5) is 13.2 Å². The van der Waals surface area contributed by atoms with Gasteiger partial charge >= 0.3 is 6.18 Å². The predicted octanol–water partition coefficient (Wildman–Crippen LogP) is 1.94. The number of hydrogen-bond acceptors (Lipinski definition) is 3. The minimum atomic E-state index is -4.83. The summed E-state index contributed by atoms with van der Waals surface area (Å²) < 4.78 is 36.2. The van der Waals surface area contributed by atoms with Crippen molar-refractivity contribution in [1.82, 2.24) is 15.0 Å². The molecule has 2 aromatic rings. The van der Waals surface area contributed by atoms with Gasteiger partial charge < -0.3 is 4.98 Å². The fourth-order valence-electron chi connectivity index (χ4n) is 1.42. The lowest BCUT2D eigenvalue weighted by Crippen LogP contribution is -2.25. The van der Waals surface area contributed by atoms with Crippen LogP contribution in [0.2, 0.25) is 0 Å². The fourth-order valence-corrected chi connectivity index (χ4v) is 1.42. The minimum absolute atomic E-state index is 0.0240. The minimum Gasteiger partial charge on any atom is -0.340 e. The average molecular weight is 243 g/mol. The van der Waals surface area contributed by atoms with Gasteiger partial charge in [0.1, 0.15) is 5.82 Å². The molecule has 0 radical (unpaired) electrons. The van der Waals surface area contributed by atoms with Crippen LogP contribution in [0.15, 0.2) is 12.3 Å². The summed E-state index contributed by atoms with van der Waals surface area (Å²) in [5.74, 6) is -1.85. The van der Waals surface area contributed by atoms with E-state index in [0.29, 0.717) is 11.2 Å². The number of carbonyl (C=O) groups excluding carboxylic acids is 1. The number of fused-ring (bicyclic) bond motifs is 1. The van der Waals surface area contributed by atoms with Crippen molar-refractivity contribution < 1.29 is 18.0 Å². The fraction of sp³-hybridized carbons (Fsp3) is 0.300. The quantitative estimate of drug-likeness (QED) is 0.876. The van der Waals surface area contributed by atoms with Gasteiger partial charge in [0, 0.05) is 6.20 Å². The Morgan fingerprint density at radius 3 is 2.76 bits per heavy atom. The van der Waals surface area contributed by atoms with Crippen molar-refractivity contribution in [3.05, 3.63) is 23.7 Å². The number of rotatable bonds is 2. The van der Waals surface area contributed by atoms with Crippen molar-refractivity contribution in [3.8, 4) is 0 Å². The first-order valence-electron chi connectivity index (χ1n) is 4.78. The molecule has 2 aromatic heterocycles. The van der Waals surface area contributed by atoms with Gasteiger partial charge in [-0.3, -0.25) is 4.79 Å². The number of nitrogens with one attached hydrogen (secondary N) is 1. The SMILES string of the molecule is Cc1ccnc2nc(CC(=O)C(F)(F)F)[nH]c12. The highest BCUT2D eigenvalue weighted by Crippen LogP contribution is 2.19. The number of aryl methyl sites for hydroxylation is 1. The maximum atomic E-state index is 12.1. The lowest BCUT2D eigenvalue weighted by atomic mass is 10.2. The number of carbonyl (C=O) groups is 1. The summed E-state index contributed by atoms with van der Waals surface area (Å²) in [6, 6.07) is 1.70. The van der Waals surface area contributed by atoms with E-state index in [-0.39, 0.29) is 5.82 Å². The summed E-state index contributed by atoms with van der Waals surface area (Å²) in [6.45, 7) is 1.78. The Bertz CT molecular complexity index is 574. The Morgan fingerprint density at radius 2 is 2.18 bits per heavy atom. The van der Waals surface area contributed by atoms with Crippen LogP contribution >= 0.6 is 0 Å². The lowest BCUT2D eigenvalue weighted by Gasteiger charge is -2.01. The highest BCUT2D eigenvalue weighted by atomic mass is 19.4. The highest BCUT2D eigenvalue weighted by molar-refractivity contribution is 5.86. The maximum absolute atomic E-state index is 12.1. The second-order valence-electron chi connectivity index (χ2n) is 3.61. The predicted molar refractivity (Wildman–Crippen MR) is 53.4 cm³/mol. The second kappa shape index (κ2) is 3.83. The molecule has 0 aliphatic heterocycles. The highest BCUT2D eigenvalue weighted by Gasteiger charge is 2.38. The van der Waals surface area contributed by atoms with Crippen molar-refractivity contribution in [1.29, 1.82) is 0 Å². The van der Waals surface area contributed by atoms with E-state index in [2.05, 4.69) is 15.0 Å². The molecule has 0 amide bonds. The molecule has 17 heavy (non-hydrogen) atoms. The maximum Gasteiger partial charge on any atom is 0.450 e. The van der Waals surface area contributed by atoms with Crippen LogP contribution in [0.25, 0.3) is 11.2 Å². The van der Waals surface area contributed by atoms with Gasteiger partial charge in [-0.05, 0) is 18.6 Å². The van der Waals surface area contributed by atoms with Crippen LogP contribution < -0.4 is 0 Å². The number of aromatic amines is 1. The zero-order valence-electron chi connectivity index (χ0n) is 8.80. The third kappa shape index (κ3) is 2.27. The molecule has 0 saturated heterocycles. The summed E-state index contributed by atoms with van der Waals surface area (Å²) >= 11 is 0. The normalized spacial score (nSPS) is 12.0. The van der Waals surface area contributed by atoms with E-state index in [1.54, 1.807) is 13.0 Å². The number of H-pyrrole nitrogens is 1. The number of hydrogen-bond donors (Lipinski definition) is 1. The number of aromatic nitrogens is 3. The van der Waals surface area contributed by atoms with E-state index in [4.69, 9.17) is 0 Å². The number of imidazole rings is 1. The Morgan fingerprint density at radius 1 is 1.47 bits per heavy atom. The van der Waals surface area contributed by atoms with Crippen molar-refractivity contribution in [2.45, 2.75) is 19.5 Å². The summed E-state index contributed by atoms with van der Waals surface area (Å²) in [7, 11) is 0. The van der Waals surface area contributed by atoms with Gasteiger partial charge in [0.25, 0.3) is 0 Å². The largest absolute Gasteiger partial charge is 0.450 e. The Kier molecular flexibility index (Phi) is 2.60. The van der Waals surface area contributed by atoms with Crippen LogP contribution in [0.3, 0.4) is 0 Å². The zero-order valence-corrected chi connectivity index (χ0v) is 8.80. The van der Waals surface area contributed by atoms with Gasteiger partial charge in [-0.25, -0.2) is 9.97 Å². The number of alkyl halides is 3. The molecular formula is C10H8F3N3O. The van der Waals surface area contributed by atoms with E-state index in [9.17, 15) is 18.0 Å². The van der Waals surface area contributed by atoms with Crippen molar-refractivity contribution in [2.75, 3.05) is 0 Å². The van der Waals surface area contributed by atoms with Crippen molar-refractivity contribution in [3.63, 3.8) is 0 Å². The molecule has 0 saturated carbocycles. The summed E-state index contributed by atoms with van der Waals surface area (Å²) in [6.07, 6.45) is -4.12. The van der Waals surface area contributed by atoms with Crippen LogP contribution in [-0.2, 0) is 11.2 Å². The number of Topliss-reactive ketones (excluding diaryl/α,β-unsaturated/α-hetero) is 1. The lowest BCUT2D eigenvalue weighted by molar-refractivity contribution is -0.170. The molecule has 7 heteroatoms. The topological polar surface area (TPSA) is 58.6 Å². The van der Waals surface area contributed by atoms with Crippen LogP contribution in [0.5, 0.6) is 0 Å². The standard InChI is InChI=1S/C10H8F3N3O/c1-5-2-3-14-9-8(5)15-7(16-9)4-6(17)10(11,12)13/h2-3H,4H2,1H3,(H,14,15,16). The van der Waals surface area contributed by atoms with E-state index in [1.807, 2.05) is 0 Å². The molecule has 90 valence electrons. The molecule has 0 fully saturated rings. The molecule has 0 aliphatic carbocycles. The Labute approximate surface area is 93.9 Å². The van der Waals surface area contributed by atoms with Gasteiger partial charge in [-0.2, -0.15) is 13.2 Å². The number of ketones is 1. The van der Waals surface area contributed by atoms with Gasteiger partial charge in [0.2, 0.25) is 5.78 Å². The third-order valence-electron chi connectivity index (χ3n) is 2.29. The molecule has 0 aromatic carbocycles. The van der Waals surface area contributed by atoms with Crippen molar-refractivity contribution >= 4 is 16.9 Å². The number of nitrogens with zero attached hydrogens (tertiary/aromatic N) is 2. The summed E-state index contributed by atoms with van der Waals surface area (Å²) in [5.41, 5.74) is 1.68. The van der Waals surface area contributed by atoms with E-state index >= 15 is 0 Å². The summed E-state index contributed by atoms with van der Waals surface area (Å²) in [5, 5.41) is 0. The molecule has 0 unspecified atom stereocenters.